The maximum Gasteiger partial charge on any atom is 0.358 e. The van der Waals surface area contributed by atoms with Gasteiger partial charge in [0, 0.05) is 5.69 Å². The summed E-state index contributed by atoms with van der Waals surface area (Å²) < 4.78 is 1.38. The topological polar surface area (TPSA) is 97.1 Å². The minimum absolute atomic E-state index is 0.115. The number of amides is 1. The fourth-order valence-electron chi connectivity index (χ4n) is 2.34. The number of carboxylic acid groups (broad SMARTS) is 1. The maximum atomic E-state index is 12.5. The molecule has 0 radical (unpaired) electrons. The first-order valence-corrected chi connectivity index (χ1v) is 7.37. The number of carbonyl (C=O) groups is 2. The van der Waals surface area contributed by atoms with Gasteiger partial charge >= 0.3 is 5.97 Å². The molecule has 0 aliphatic carbocycles. The van der Waals surface area contributed by atoms with Crippen LogP contribution in [0, 0.1) is 6.92 Å². The SMILES string of the molecule is Cc1ccccc1NC(=O)C(C)n1nnc(C(=O)O)c1C(C)C. The molecule has 1 amide bonds. The molecule has 1 heterocycles. The fourth-order valence-corrected chi connectivity index (χ4v) is 2.34. The molecule has 1 unspecified atom stereocenters. The molecule has 7 nitrogen and oxygen atoms in total. The van der Waals surface area contributed by atoms with E-state index in [2.05, 4.69) is 15.6 Å². The van der Waals surface area contributed by atoms with Crippen LogP contribution in [-0.2, 0) is 4.79 Å². The van der Waals surface area contributed by atoms with Gasteiger partial charge in [-0.05, 0) is 31.4 Å². The number of carbonyl (C=O) groups excluding carboxylic acids is 1. The number of aryl methyl sites for hydroxylation is 1. The van der Waals surface area contributed by atoms with Crippen molar-refractivity contribution in [3.05, 3.63) is 41.2 Å². The number of nitrogens with zero attached hydrogens (tertiary/aromatic N) is 3. The Morgan fingerprint density at radius 2 is 1.87 bits per heavy atom. The summed E-state index contributed by atoms with van der Waals surface area (Å²) in [6.07, 6.45) is 0. The van der Waals surface area contributed by atoms with Crippen molar-refractivity contribution in [1.29, 1.82) is 0 Å². The Morgan fingerprint density at radius 3 is 2.43 bits per heavy atom. The first kappa shape index (κ1) is 16.7. The number of rotatable bonds is 5. The average Bonchev–Trinajstić information content (AvgIpc) is 2.94. The predicted octanol–water partition coefficient (Wildman–Crippen LogP) is 2.61. The number of anilines is 1. The van der Waals surface area contributed by atoms with Gasteiger partial charge in [0.15, 0.2) is 5.69 Å². The van der Waals surface area contributed by atoms with Gasteiger partial charge in [-0.15, -0.1) is 5.10 Å². The zero-order valence-electron chi connectivity index (χ0n) is 13.6. The molecule has 2 N–H and O–H groups in total. The Labute approximate surface area is 134 Å². The van der Waals surface area contributed by atoms with Crippen LogP contribution in [0.1, 0.15) is 54.5 Å². The number of hydrogen-bond acceptors (Lipinski definition) is 4. The Hall–Kier alpha value is -2.70. The van der Waals surface area contributed by atoms with Crippen LogP contribution in [-0.4, -0.2) is 32.0 Å². The first-order valence-electron chi connectivity index (χ1n) is 7.37. The normalized spacial score (nSPS) is 12.2. The van der Waals surface area contributed by atoms with E-state index in [0.29, 0.717) is 11.4 Å². The van der Waals surface area contributed by atoms with E-state index in [9.17, 15) is 14.7 Å². The lowest BCUT2D eigenvalue weighted by Gasteiger charge is -2.17. The smallest absolute Gasteiger partial charge is 0.358 e. The van der Waals surface area contributed by atoms with Gasteiger partial charge in [-0.25, -0.2) is 9.48 Å². The van der Waals surface area contributed by atoms with Gasteiger partial charge < -0.3 is 10.4 Å². The molecule has 0 saturated heterocycles. The van der Waals surface area contributed by atoms with Crippen molar-refractivity contribution >= 4 is 17.6 Å². The summed E-state index contributed by atoms with van der Waals surface area (Å²) >= 11 is 0. The summed E-state index contributed by atoms with van der Waals surface area (Å²) in [6, 6.07) is 6.77. The second-order valence-corrected chi connectivity index (χ2v) is 5.71. The van der Waals surface area contributed by atoms with E-state index < -0.39 is 12.0 Å². The van der Waals surface area contributed by atoms with Crippen molar-refractivity contribution < 1.29 is 14.7 Å². The zero-order valence-corrected chi connectivity index (χ0v) is 13.6. The fraction of sp³-hybridized carbons (Fsp3) is 0.375. The molecule has 1 aromatic carbocycles. The molecule has 0 bridgehead atoms. The van der Waals surface area contributed by atoms with Crippen LogP contribution < -0.4 is 5.32 Å². The molecular formula is C16H20N4O3. The van der Waals surface area contributed by atoms with Gasteiger partial charge in [-0.2, -0.15) is 0 Å². The Kier molecular flexibility index (Phi) is 4.78. The Morgan fingerprint density at radius 1 is 1.22 bits per heavy atom. The molecule has 2 rings (SSSR count). The van der Waals surface area contributed by atoms with Crippen LogP contribution in [0.4, 0.5) is 5.69 Å². The molecule has 0 saturated carbocycles. The van der Waals surface area contributed by atoms with E-state index in [1.54, 1.807) is 6.92 Å². The van der Waals surface area contributed by atoms with E-state index >= 15 is 0 Å². The monoisotopic (exact) mass is 316 g/mol. The van der Waals surface area contributed by atoms with E-state index in [1.807, 2.05) is 45.0 Å². The number of nitrogens with one attached hydrogen (secondary N) is 1. The minimum Gasteiger partial charge on any atom is -0.476 e. The Balaban J connectivity index is 2.30. The summed E-state index contributed by atoms with van der Waals surface area (Å²) in [5.41, 5.74) is 1.98. The van der Waals surface area contributed by atoms with Gasteiger partial charge in [-0.3, -0.25) is 4.79 Å². The van der Waals surface area contributed by atoms with Gasteiger partial charge in [-0.1, -0.05) is 37.3 Å². The number of hydrogen-bond donors (Lipinski definition) is 2. The summed E-state index contributed by atoms with van der Waals surface area (Å²) in [7, 11) is 0. The summed E-state index contributed by atoms with van der Waals surface area (Å²) in [5.74, 6) is -1.54. The highest BCUT2D eigenvalue weighted by molar-refractivity contribution is 5.94. The van der Waals surface area contributed by atoms with Crippen LogP contribution in [0.5, 0.6) is 0 Å². The Bertz CT molecular complexity index is 737. The number of benzene rings is 1. The second-order valence-electron chi connectivity index (χ2n) is 5.71. The quantitative estimate of drug-likeness (QED) is 0.883. The van der Waals surface area contributed by atoms with Crippen molar-refractivity contribution in [2.75, 3.05) is 5.32 Å². The highest BCUT2D eigenvalue weighted by atomic mass is 16.4. The molecule has 7 heteroatoms. The van der Waals surface area contributed by atoms with E-state index in [1.165, 1.54) is 4.68 Å². The first-order chi connectivity index (χ1) is 10.8. The summed E-state index contributed by atoms with van der Waals surface area (Å²) in [5, 5.41) is 19.6. The van der Waals surface area contributed by atoms with Gasteiger partial charge in [0.25, 0.3) is 0 Å². The van der Waals surface area contributed by atoms with Crippen molar-refractivity contribution in [3.8, 4) is 0 Å². The van der Waals surface area contributed by atoms with Crippen LogP contribution in [0.3, 0.4) is 0 Å². The molecule has 2 aromatic rings. The van der Waals surface area contributed by atoms with Crippen molar-refractivity contribution in [2.45, 2.75) is 39.7 Å². The lowest BCUT2D eigenvalue weighted by atomic mass is 10.1. The van der Waals surface area contributed by atoms with Crippen molar-refractivity contribution in [1.82, 2.24) is 15.0 Å². The minimum atomic E-state index is -1.15. The second kappa shape index (κ2) is 6.60. The molecule has 0 aliphatic rings. The lowest BCUT2D eigenvalue weighted by Crippen LogP contribution is -2.26. The van der Waals surface area contributed by atoms with Crippen LogP contribution in [0.15, 0.2) is 24.3 Å². The van der Waals surface area contributed by atoms with E-state index in [4.69, 9.17) is 0 Å². The van der Waals surface area contributed by atoms with Crippen molar-refractivity contribution in [3.63, 3.8) is 0 Å². The zero-order chi connectivity index (χ0) is 17.1. The number of carboxylic acids is 1. The average molecular weight is 316 g/mol. The molecule has 0 spiro atoms. The van der Waals surface area contributed by atoms with Crippen LogP contribution in [0.2, 0.25) is 0 Å². The number of para-hydroxylation sites is 1. The summed E-state index contributed by atoms with van der Waals surface area (Å²) in [6.45, 7) is 7.25. The third-order valence-corrected chi connectivity index (χ3v) is 3.63. The molecule has 23 heavy (non-hydrogen) atoms. The molecule has 1 atom stereocenters. The standard InChI is InChI=1S/C16H20N4O3/c1-9(2)14-13(16(22)23)18-19-20(14)11(4)15(21)17-12-8-6-5-7-10(12)3/h5-9,11H,1-4H3,(H,17,21)(H,22,23). The van der Waals surface area contributed by atoms with Crippen molar-refractivity contribution in [2.24, 2.45) is 0 Å². The molecule has 0 fully saturated rings. The molecule has 1 aromatic heterocycles. The number of aromatic nitrogens is 3. The van der Waals surface area contributed by atoms with Crippen LogP contribution in [0.25, 0.3) is 0 Å². The van der Waals surface area contributed by atoms with E-state index in [0.717, 1.165) is 5.56 Å². The molecule has 0 aliphatic heterocycles. The highest BCUT2D eigenvalue weighted by Crippen LogP contribution is 2.22. The van der Waals surface area contributed by atoms with E-state index in [-0.39, 0.29) is 17.5 Å². The van der Waals surface area contributed by atoms with Gasteiger partial charge in [0.2, 0.25) is 5.91 Å². The van der Waals surface area contributed by atoms with Gasteiger partial charge in [0.05, 0.1) is 5.69 Å². The van der Waals surface area contributed by atoms with Crippen LogP contribution >= 0.6 is 0 Å². The lowest BCUT2D eigenvalue weighted by molar-refractivity contribution is -0.119. The largest absolute Gasteiger partial charge is 0.476 e. The molecular weight excluding hydrogens is 296 g/mol. The third kappa shape index (κ3) is 3.39. The summed E-state index contributed by atoms with van der Waals surface area (Å²) in [4.78, 5) is 23.7. The highest BCUT2D eigenvalue weighted by Gasteiger charge is 2.27. The third-order valence-electron chi connectivity index (χ3n) is 3.63. The molecule has 122 valence electrons. The predicted molar refractivity (Wildman–Crippen MR) is 85.6 cm³/mol. The maximum absolute atomic E-state index is 12.5. The number of aromatic carboxylic acids is 1. The van der Waals surface area contributed by atoms with Gasteiger partial charge in [0.1, 0.15) is 6.04 Å².